The van der Waals surface area contributed by atoms with Crippen molar-refractivity contribution in [1.29, 1.82) is 0 Å². The average Bonchev–Trinajstić information content (AvgIpc) is 2.89. The molecule has 0 saturated carbocycles. The van der Waals surface area contributed by atoms with Gasteiger partial charge in [0, 0.05) is 19.4 Å². The Morgan fingerprint density at radius 2 is 2.45 bits per heavy atom. The molecule has 2 amide bonds. The number of H-pyrrole nitrogens is 1. The summed E-state index contributed by atoms with van der Waals surface area (Å²) >= 11 is 0. The number of carbonyl (C=O) groups excluding carboxylic acids is 1. The van der Waals surface area contributed by atoms with Gasteiger partial charge < -0.3 is 20.3 Å². The summed E-state index contributed by atoms with van der Waals surface area (Å²) in [6.45, 7) is 2.35. The van der Waals surface area contributed by atoms with E-state index in [1.54, 1.807) is 6.92 Å². The van der Waals surface area contributed by atoms with Gasteiger partial charge in [-0.2, -0.15) is 0 Å². The first-order chi connectivity index (χ1) is 9.63. The minimum Gasteiger partial charge on any atom is -0.480 e. The Labute approximate surface area is 116 Å². The lowest BCUT2D eigenvalue weighted by molar-refractivity contribution is -0.142. The molecular formula is C13H16N4O3. The Bertz CT molecular complexity index is 570. The largest absolute Gasteiger partial charge is 0.480 e. The molecule has 7 nitrogen and oxygen atoms in total. The molecule has 1 aromatic rings. The quantitative estimate of drug-likeness (QED) is 0.548. The molecule has 1 aliphatic rings. The lowest BCUT2D eigenvalue weighted by Gasteiger charge is -2.32. The normalized spacial score (nSPS) is 16.9. The molecular weight excluding hydrogens is 260 g/mol. The monoisotopic (exact) mass is 276 g/mol. The number of imidazole rings is 1. The van der Waals surface area contributed by atoms with Crippen LogP contribution in [0.5, 0.6) is 0 Å². The van der Waals surface area contributed by atoms with Gasteiger partial charge in [-0.1, -0.05) is 0 Å². The van der Waals surface area contributed by atoms with Gasteiger partial charge in [-0.3, -0.25) is 0 Å². The van der Waals surface area contributed by atoms with E-state index in [-0.39, 0.29) is 13.0 Å². The van der Waals surface area contributed by atoms with E-state index in [0.717, 1.165) is 5.69 Å². The fraction of sp³-hybridized carbons (Fsp3) is 0.462. The number of hydrogen-bond acceptors (Lipinski definition) is 3. The summed E-state index contributed by atoms with van der Waals surface area (Å²) in [5, 5.41) is 11.9. The molecule has 20 heavy (non-hydrogen) atoms. The molecule has 0 bridgehead atoms. The third kappa shape index (κ3) is 2.91. The Balaban J connectivity index is 2.05. The molecule has 1 aromatic heterocycles. The minimum atomic E-state index is -1.03. The van der Waals surface area contributed by atoms with Crippen molar-refractivity contribution in [2.75, 3.05) is 6.54 Å². The first-order valence-corrected chi connectivity index (χ1v) is 6.31. The molecule has 3 N–H and O–H groups in total. The second-order valence-electron chi connectivity index (χ2n) is 4.42. The van der Waals surface area contributed by atoms with Crippen molar-refractivity contribution in [3.8, 4) is 11.8 Å². The van der Waals surface area contributed by atoms with Crippen molar-refractivity contribution in [3.05, 3.63) is 17.7 Å². The maximum Gasteiger partial charge on any atom is 0.326 e. The van der Waals surface area contributed by atoms with E-state index in [4.69, 9.17) is 0 Å². The van der Waals surface area contributed by atoms with Crippen molar-refractivity contribution in [2.24, 2.45) is 0 Å². The van der Waals surface area contributed by atoms with Gasteiger partial charge in [0.2, 0.25) is 0 Å². The average molecular weight is 276 g/mol. The van der Waals surface area contributed by atoms with Crippen molar-refractivity contribution in [3.63, 3.8) is 0 Å². The topological polar surface area (TPSA) is 98.3 Å². The molecule has 0 spiro atoms. The zero-order valence-electron chi connectivity index (χ0n) is 11.1. The van der Waals surface area contributed by atoms with Crippen LogP contribution in [-0.2, 0) is 17.8 Å². The smallest absolute Gasteiger partial charge is 0.326 e. The molecule has 0 fully saturated rings. The highest BCUT2D eigenvalue weighted by atomic mass is 16.4. The highest BCUT2D eigenvalue weighted by molar-refractivity contribution is 5.83. The van der Waals surface area contributed by atoms with E-state index >= 15 is 0 Å². The molecule has 1 atom stereocenters. The van der Waals surface area contributed by atoms with Crippen LogP contribution in [0.15, 0.2) is 6.33 Å². The second kappa shape index (κ2) is 6.10. The summed E-state index contributed by atoms with van der Waals surface area (Å²) in [5.74, 6) is 4.55. The minimum absolute atomic E-state index is 0.219. The van der Waals surface area contributed by atoms with Crippen LogP contribution in [0.2, 0.25) is 0 Å². The fourth-order valence-electron chi connectivity index (χ4n) is 2.13. The van der Waals surface area contributed by atoms with Gasteiger partial charge in [0.25, 0.3) is 0 Å². The van der Waals surface area contributed by atoms with Crippen molar-refractivity contribution in [1.82, 2.24) is 20.2 Å². The van der Waals surface area contributed by atoms with Crippen molar-refractivity contribution >= 4 is 12.0 Å². The summed E-state index contributed by atoms with van der Waals surface area (Å²) in [7, 11) is 0. The molecule has 0 aliphatic carbocycles. The lowest BCUT2D eigenvalue weighted by atomic mass is 10.0. The van der Waals surface area contributed by atoms with Crippen LogP contribution in [-0.4, -0.2) is 44.6 Å². The van der Waals surface area contributed by atoms with Crippen LogP contribution >= 0.6 is 0 Å². The molecule has 2 heterocycles. The van der Waals surface area contributed by atoms with E-state index in [0.29, 0.717) is 18.7 Å². The van der Waals surface area contributed by atoms with Gasteiger partial charge in [-0.05, 0) is 6.92 Å². The first-order valence-electron chi connectivity index (χ1n) is 6.31. The molecule has 2 rings (SSSR count). The van der Waals surface area contributed by atoms with E-state index < -0.39 is 18.0 Å². The van der Waals surface area contributed by atoms with E-state index in [2.05, 4.69) is 27.1 Å². The van der Waals surface area contributed by atoms with Gasteiger partial charge in [0.1, 0.15) is 6.04 Å². The third-order valence-electron chi connectivity index (χ3n) is 3.15. The van der Waals surface area contributed by atoms with Gasteiger partial charge in [-0.15, -0.1) is 11.8 Å². The number of aromatic nitrogens is 2. The maximum atomic E-state index is 12.1. The molecule has 7 heteroatoms. The van der Waals surface area contributed by atoms with E-state index in [1.165, 1.54) is 11.2 Å². The zero-order valence-corrected chi connectivity index (χ0v) is 11.1. The fourth-order valence-corrected chi connectivity index (χ4v) is 2.13. The number of hydrogen-bond donors (Lipinski definition) is 3. The number of nitrogens with one attached hydrogen (secondary N) is 2. The molecule has 0 saturated heterocycles. The Morgan fingerprint density at radius 3 is 3.15 bits per heavy atom. The van der Waals surface area contributed by atoms with Gasteiger partial charge in [-0.25, -0.2) is 14.6 Å². The summed E-state index contributed by atoms with van der Waals surface area (Å²) < 4.78 is 0. The number of rotatable bonds is 3. The van der Waals surface area contributed by atoms with Gasteiger partial charge in [0.05, 0.1) is 24.3 Å². The number of urea groups is 1. The predicted octanol–water partition coefficient (Wildman–Crippen LogP) is 0.344. The maximum absolute atomic E-state index is 12.1. The molecule has 0 radical (unpaired) electrons. The SMILES string of the molecule is CC#CCCNC(=O)N1Cc2[nH]cnc2CC1C(=O)O. The zero-order chi connectivity index (χ0) is 14.5. The van der Waals surface area contributed by atoms with E-state index in [1.807, 2.05) is 0 Å². The number of aliphatic carboxylic acids is 1. The molecule has 106 valence electrons. The van der Waals surface area contributed by atoms with Crippen molar-refractivity contribution < 1.29 is 14.7 Å². The number of aromatic amines is 1. The summed E-state index contributed by atoms with van der Waals surface area (Å²) in [4.78, 5) is 31.7. The van der Waals surface area contributed by atoms with Crippen LogP contribution in [0.25, 0.3) is 0 Å². The number of fused-ring (bicyclic) bond motifs is 1. The predicted molar refractivity (Wildman–Crippen MR) is 70.7 cm³/mol. The number of amides is 2. The summed E-state index contributed by atoms with van der Waals surface area (Å²) in [6, 6.07) is -1.28. The number of carboxylic acid groups (broad SMARTS) is 1. The van der Waals surface area contributed by atoms with Crippen LogP contribution in [0.4, 0.5) is 4.79 Å². The van der Waals surface area contributed by atoms with Crippen LogP contribution in [0.1, 0.15) is 24.7 Å². The third-order valence-corrected chi connectivity index (χ3v) is 3.15. The number of carboxylic acids is 1. The standard InChI is InChI=1S/C13H16N4O3/c1-2-3-4-5-14-13(20)17-7-10-9(15-8-16-10)6-11(17)12(18)19/h8,11H,4-7H2,1H3,(H,14,20)(H,15,16)(H,18,19). The highest BCUT2D eigenvalue weighted by Crippen LogP contribution is 2.20. The molecule has 0 aromatic carbocycles. The number of carbonyl (C=O) groups is 2. The van der Waals surface area contributed by atoms with Gasteiger partial charge in [0.15, 0.2) is 0 Å². The Kier molecular flexibility index (Phi) is 4.25. The van der Waals surface area contributed by atoms with Crippen LogP contribution in [0, 0.1) is 11.8 Å². The van der Waals surface area contributed by atoms with Crippen LogP contribution < -0.4 is 5.32 Å². The second-order valence-corrected chi connectivity index (χ2v) is 4.42. The Morgan fingerprint density at radius 1 is 1.65 bits per heavy atom. The van der Waals surface area contributed by atoms with Crippen LogP contribution in [0.3, 0.4) is 0 Å². The van der Waals surface area contributed by atoms with Crippen molar-refractivity contribution in [2.45, 2.75) is 32.4 Å². The summed E-state index contributed by atoms with van der Waals surface area (Å²) in [5.41, 5.74) is 1.49. The Hall–Kier alpha value is -2.49. The molecule has 1 aliphatic heterocycles. The lowest BCUT2D eigenvalue weighted by Crippen LogP contribution is -2.52. The van der Waals surface area contributed by atoms with E-state index in [9.17, 15) is 14.7 Å². The molecule has 1 unspecified atom stereocenters. The number of nitrogens with zero attached hydrogens (tertiary/aromatic N) is 2. The summed E-state index contributed by atoms with van der Waals surface area (Å²) in [6.07, 6.45) is 2.28. The van der Waals surface area contributed by atoms with Gasteiger partial charge >= 0.3 is 12.0 Å². The first kappa shape index (κ1) is 13.9. The highest BCUT2D eigenvalue weighted by Gasteiger charge is 2.35.